The maximum absolute atomic E-state index is 13.0. The zero-order valence-electron chi connectivity index (χ0n) is 15.3. The number of thioether (sulfide) groups is 1. The molecule has 2 heterocycles. The number of carbonyl (C=O) groups is 1. The second-order valence-electron chi connectivity index (χ2n) is 5.79. The Morgan fingerprint density at radius 1 is 1.23 bits per heavy atom. The predicted octanol–water partition coefficient (Wildman–Crippen LogP) is 4.60. The standard InChI is InChI=1S/C19H23N3O2S2/c1-4-21(5-2)10-11-22(18(23)16-7-6-12-24-16)19-20-15-9-8-14(25-3)13-17(15)26-19/h6-9,12-13H,4-5,10-11H2,1-3H3. The highest BCUT2D eigenvalue weighted by Crippen LogP contribution is 2.32. The zero-order valence-corrected chi connectivity index (χ0v) is 16.9. The topological polar surface area (TPSA) is 49.6 Å². The quantitative estimate of drug-likeness (QED) is 0.527. The first-order chi connectivity index (χ1) is 12.7. The van der Waals surface area contributed by atoms with E-state index < -0.39 is 0 Å². The van der Waals surface area contributed by atoms with Gasteiger partial charge in [-0.05, 0) is 49.7 Å². The number of rotatable bonds is 8. The molecule has 0 saturated heterocycles. The molecule has 3 rings (SSSR count). The van der Waals surface area contributed by atoms with Crippen molar-refractivity contribution < 1.29 is 9.21 Å². The van der Waals surface area contributed by atoms with Gasteiger partial charge in [0.2, 0.25) is 0 Å². The fourth-order valence-electron chi connectivity index (χ4n) is 2.73. The molecule has 1 aromatic carbocycles. The predicted molar refractivity (Wildman–Crippen MR) is 110 cm³/mol. The largest absolute Gasteiger partial charge is 0.459 e. The lowest BCUT2D eigenvalue weighted by molar-refractivity contribution is 0.0957. The average Bonchev–Trinajstić information content (AvgIpc) is 3.33. The summed E-state index contributed by atoms with van der Waals surface area (Å²) in [6, 6.07) is 9.64. The number of anilines is 1. The van der Waals surface area contributed by atoms with Crippen LogP contribution in [0.1, 0.15) is 24.4 Å². The van der Waals surface area contributed by atoms with Crippen LogP contribution in [0.3, 0.4) is 0 Å². The van der Waals surface area contributed by atoms with Crippen LogP contribution in [0.2, 0.25) is 0 Å². The second-order valence-corrected chi connectivity index (χ2v) is 7.68. The molecule has 0 fully saturated rings. The van der Waals surface area contributed by atoms with E-state index in [0.29, 0.717) is 17.4 Å². The van der Waals surface area contributed by atoms with Crippen LogP contribution in [0.15, 0.2) is 45.9 Å². The van der Waals surface area contributed by atoms with Gasteiger partial charge in [0.15, 0.2) is 10.9 Å². The van der Waals surface area contributed by atoms with Crippen LogP contribution in [-0.2, 0) is 0 Å². The Morgan fingerprint density at radius 3 is 2.69 bits per heavy atom. The summed E-state index contributed by atoms with van der Waals surface area (Å²) in [5.41, 5.74) is 0.919. The number of aromatic nitrogens is 1. The van der Waals surface area contributed by atoms with E-state index in [-0.39, 0.29) is 5.91 Å². The molecular formula is C19H23N3O2S2. The molecule has 0 radical (unpaired) electrons. The van der Waals surface area contributed by atoms with Gasteiger partial charge < -0.3 is 9.32 Å². The van der Waals surface area contributed by atoms with E-state index in [0.717, 1.165) is 29.9 Å². The van der Waals surface area contributed by atoms with E-state index in [1.807, 2.05) is 6.07 Å². The minimum Gasteiger partial charge on any atom is -0.459 e. The molecule has 3 aromatic rings. The van der Waals surface area contributed by atoms with Gasteiger partial charge in [0.25, 0.3) is 5.91 Å². The Bertz CT molecular complexity index is 857. The maximum Gasteiger partial charge on any atom is 0.295 e. The summed E-state index contributed by atoms with van der Waals surface area (Å²) in [5, 5.41) is 0.715. The minimum atomic E-state index is -0.147. The van der Waals surface area contributed by atoms with E-state index in [1.165, 1.54) is 11.2 Å². The van der Waals surface area contributed by atoms with Crippen molar-refractivity contribution in [3.63, 3.8) is 0 Å². The number of fused-ring (bicyclic) bond motifs is 1. The van der Waals surface area contributed by atoms with Gasteiger partial charge >= 0.3 is 0 Å². The number of carbonyl (C=O) groups excluding carboxylic acids is 1. The lowest BCUT2D eigenvalue weighted by Crippen LogP contribution is -2.38. The Kier molecular flexibility index (Phi) is 6.34. The second kappa shape index (κ2) is 8.70. The van der Waals surface area contributed by atoms with E-state index in [2.05, 4.69) is 37.1 Å². The number of furan rings is 1. The fourth-order valence-corrected chi connectivity index (χ4v) is 4.28. The van der Waals surface area contributed by atoms with E-state index in [4.69, 9.17) is 9.40 Å². The van der Waals surface area contributed by atoms with E-state index in [1.54, 1.807) is 40.1 Å². The molecule has 0 saturated carbocycles. The molecule has 0 bridgehead atoms. The monoisotopic (exact) mass is 389 g/mol. The van der Waals surface area contributed by atoms with Gasteiger partial charge in [-0.2, -0.15) is 0 Å². The third-order valence-corrected chi connectivity index (χ3v) is 6.09. The Morgan fingerprint density at radius 2 is 2.04 bits per heavy atom. The molecule has 0 spiro atoms. The highest BCUT2D eigenvalue weighted by molar-refractivity contribution is 7.98. The normalized spacial score (nSPS) is 11.4. The van der Waals surface area contributed by atoms with Gasteiger partial charge in [-0.3, -0.25) is 9.69 Å². The summed E-state index contributed by atoms with van der Waals surface area (Å²) in [4.78, 5) is 22.9. The first-order valence-corrected chi connectivity index (χ1v) is 10.7. The summed E-state index contributed by atoms with van der Waals surface area (Å²) >= 11 is 3.25. The van der Waals surface area contributed by atoms with Crippen molar-refractivity contribution in [2.24, 2.45) is 0 Å². The minimum absolute atomic E-state index is 0.147. The average molecular weight is 390 g/mol. The van der Waals surface area contributed by atoms with Gasteiger partial charge in [-0.25, -0.2) is 4.98 Å². The summed E-state index contributed by atoms with van der Waals surface area (Å²) in [6.07, 6.45) is 3.58. The number of likely N-dealkylation sites (N-methyl/N-ethyl adjacent to an activating group) is 1. The van der Waals surface area contributed by atoms with Crippen molar-refractivity contribution in [2.75, 3.05) is 37.3 Å². The van der Waals surface area contributed by atoms with Crippen molar-refractivity contribution >= 4 is 44.4 Å². The molecule has 7 heteroatoms. The molecular weight excluding hydrogens is 366 g/mol. The molecule has 0 aliphatic heterocycles. The van der Waals surface area contributed by atoms with Gasteiger partial charge in [0, 0.05) is 18.0 Å². The van der Waals surface area contributed by atoms with Crippen molar-refractivity contribution in [1.82, 2.24) is 9.88 Å². The molecule has 0 unspecified atom stereocenters. The smallest absolute Gasteiger partial charge is 0.295 e. The molecule has 1 amide bonds. The van der Waals surface area contributed by atoms with Crippen LogP contribution in [-0.4, -0.2) is 48.2 Å². The van der Waals surface area contributed by atoms with Crippen LogP contribution >= 0.6 is 23.1 Å². The number of amides is 1. The zero-order chi connectivity index (χ0) is 18.5. The van der Waals surface area contributed by atoms with Crippen LogP contribution in [0, 0.1) is 0 Å². The Labute approximate surface area is 162 Å². The van der Waals surface area contributed by atoms with Gasteiger partial charge in [-0.1, -0.05) is 25.2 Å². The van der Waals surface area contributed by atoms with Gasteiger partial charge in [0.05, 0.1) is 16.5 Å². The highest BCUT2D eigenvalue weighted by atomic mass is 32.2. The van der Waals surface area contributed by atoms with Gasteiger partial charge in [-0.15, -0.1) is 11.8 Å². The number of hydrogen-bond acceptors (Lipinski definition) is 6. The van der Waals surface area contributed by atoms with Gasteiger partial charge in [0.1, 0.15) is 0 Å². The van der Waals surface area contributed by atoms with Crippen LogP contribution in [0.5, 0.6) is 0 Å². The van der Waals surface area contributed by atoms with Crippen molar-refractivity contribution in [1.29, 1.82) is 0 Å². The van der Waals surface area contributed by atoms with Crippen LogP contribution in [0.25, 0.3) is 10.2 Å². The summed E-state index contributed by atoms with van der Waals surface area (Å²) in [5.74, 6) is 0.194. The van der Waals surface area contributed by atoms with Crippen LogP contribution < -0.4 is 4.90 Å². The number of nitrogens with zero attached hydrogens (tertiary/aromatic N) is 3. The number of thiazole rings is 1. The Balaban J connectivity index is 1.92. The third-order valence-electron chi connectivity index (χ3n) is 4.33. The SMILES string of the molecule is CCN(CC)CCN(C(=O)c1ccco1)c1nc2ccc(SC)cc2s1. The Hall–Kier alpha value is -1.83. The van der Waals surface area contributed by atoms with E-state index in [9.17, 15) is 4.79 Å². The summed E-state index contributed by atoms with van der Waals surface area (Å²) < 4.78 is 6.43. The van der Waals surface area contributed by atoms with Crippen molar-refractivity contribution in [3.05, 3.63) is 42.4 Å². The molecule has 26 heavy (non-hydrogen) atoms. The number of benzene rings is 1. The third kappa shape index (κ3) is 4.11. The van der Waals surface area contributed by atoms with Crippen LogP contribution in [0.4, 0.5) is 5.13 Å². The highest BCUT2D eigenvalue weighted by Gasteiger charge is 2.23. The fraction of sp³-hybridized carbons (Fsp3) is 0.368. The molecule has 5 nitrogen and oxygen atoms in total. The maximum atomic E-state index is 13.0. The molecule has 138 valence electrons. The lowest BCUT2D eigenvalue weighted by atomic mass is 10.3. The van der Waals surface area contributed by atoms with E-state index >= 15 is 0 Å². The first kappa shape index (κ1) is 18.9. The van der Waals surface area contributed by atoms with Crippen molar-refractivity contribution in [2.45, 2.75) is 18.7 Å². The molecule has 0 N–H and O–H groups in total. The summed E-state index contributed by atoms with van der Waals surface area (Å²) in [7, 11) is 0. The molecule has 0 aliphatic carbocycles. The number of hydrogen-bond donors (Lipinski definition) is 0. The molecule has 0 atom stereocenters. The summed E-state index contributed by atoms with van der Waals surface area (Å²) in [6.45, 7) is 7.54. The first-order valence-electron chi connectivity index (χ1n) is 8.68. The van der Waals surface area contributed by atoms with Crippen molar-refractivity contribution in [3.8, 4) is 0 Å². The lowest BCUT2D eigenvalue weighted by Gasteiger charge is -2.24. The molecule has 2 aromatic heterocycles. The molecule has 0 aliphatic rings.